The van der Waals surface area contributed by atoms with Crippen molar-refractivity contribution in [3.05, 3.63) is 189 Å². The van der Waals surface area contributed by atoms with Crippen molar-refractivity contribution in [1.29, 1.82) is 0 Å². The van der Waals surface area contributed by atoms with E-state index in [0.717, 1.165) is 167 Å². The molecule has 6 aromatic carbocycles. The number of unbranched alkanes of at least 4 members (excludes halogenated alkanes) is 19. The molecule has 0 fully saturated rings. The van der Waals surface area contributed by atoms with Crippen molar-refractivity contribution in [2.75, 3.05) is 66.2 Å². The number of hydrogen-bond donors (Lipinski definition) is 3. The average Bonchev–Trinajstić information content (AvgIpc) is 0.793. The number of sulfone groups is 1. The van der Waals surface area contributed by atoms with Crippen molar-refractivity contribution < 1.29 is 25.3 Å². The number of fused-ring (bicyclic) bond motifs is 3. The van der Waals surface area contributed by atoms with Crippen LogP contribution in [-0.4, -0.2) is 106 Å². The van der Waals surface area contributed by atoms with Crippen LogP contribution < -0.4 is 16.2 Å². The van der Waals surface area contributed by atoms with Gasteiger partial charge in [0, 0.05) is 104 Å². The van der Waals surface area contributed by atoms with E-state index in [1.54, 1.807) is 54.6 Å². The Morgan fingerprint density at radius 2 is 0.674 bits per heavy atom. The van der Waals surface area contributed by atoms with Crippen LogP contribution in [-0.2, 0) is 48.5 Å². The summed E-state index contributed by atoms with van der Waals surface area (Å²) in [5, 5.41) is 3.79. The van der Waals surface area contributed by atoms with Crippen LogP contribution >= 0.6 is 80.3 Å². The third kappa shape index (κ3) is 24.6. The van der Waals surface area contributed by atoms with Crippen LogP contribution in [0, 0.1) is 0 Å². The Bertz CT molecular complexity index is 3570. The summed E-state index contributed by atoms with van der Waals surface area (Å²) >= 11 is 38.2. The quantitative estimate of drug-likeness (QED) is 0.0271. The van der Waals surface area contributed by atoms with E-state index in [4.69, 9.17) is 91.8 Å². The molecule has 3 aliphatic heterocycles. The van der Waals surface area contributed by atoms with Crippen molar-refractivity contribution in [3.63, 3.8) is 0 Å². The van der Waals surface area contributed by atoms with Gasteiger partial charge in [-0.05, 0) is 183 Å². The van der Waals surface area contributed by atoms with Crippen LogP contribution in [0.1, 0.15) is 203 Å². The number of hydrogen-bond acceptors (Lipinski definition) is 11. The van der Waals surface area contributed by atoms with Gasteiger partial charge in [0.15, 0.2) is 9.84 Å². The predicted octanol–water partition coefficient (Wildman–Crippen LogP) is 18.8. The van der Waals surface area contributed by atoms with Gasteiger partial charge in [0.05, 0.1) is 20.4 Å². The summed E-state index contributed by atoms with van der Waals surface area (Å²) in [7, 11) is 0.863. The molecule has 22 heteroatoms. The van der Waals surface area contributed by atoms with Crippen LogP contribution in [0.25, 0.3) is 0 Å². The minimum atomic E-state index is -3.72. The lowest BCUT2D eigenvalue weighted by atomic mass is 9.85. The molecule has 95 heavy (non-hydrogen) atoms. The molecule has 522 valence electrons. The highest BCUT2D eigenvalue weighted by Gasteiger charge is 2.31. The highest BCUT2D eigenvalue weighted by molar-refractivity contribution is 8.13. The number of nitrogens with one attached hydrogen (secondary N) is 1. The van der Waals surface area contributed by atoms with E-state index in [-0.39, 0.29) is 33.3 Å². The minimum absolute atomic E-state index is 0.0547. The molecule has 0 amide bonds. The first kappa shape index (κ1) is 79.3. The van der Waals surface area contributed by atoms with E-state index >= 15 is 0 Å². The molecule has 3 unspecified atom stereocenters. The number of sulfonamides is 1. The topological polar surface area (TPSA) is 176 Å². The standard InChI is InChI=1S/C45H55Cl4N3O4S2.C16H14Cl3NO2S.C12H28N2/c1-51-28-40(38-24-34(46)26-44(48)42(38)30-51)32-14-18-36(19-15-32)57(53,54)23-13-11-9-7-5-3-4-6-8-10-12-22-50-58(55,56)37-20-16-33(17-21-37)41-29-52(2)31-43-39(41)25-35(47)27-45(43)49;1-20-8-14(10-2-4-12(5-3-10)23(19,21)22)13-6-11(17)7-16(18)15(13)9-20;13-11-9-7-5-3-1-2-4-6-8-10-12-14/h14-21,24-27,40-41,50H,3-13,22-23,28-31H2,1-2H3;2-7,14H,8-9H2,1H3;1-14H2. The molecule has 0 aromatic heterocycles. The summed E-state index contributed by atoms with van der Waals surface area (Å²) in [6.07, 6.45) is 24.6. The van der Waals surface area contributed by atoms with Crippen molar-refractivity contribution in [3.8, 4) is 0 Å². The Morgan fingerprint density at radius 3 is 0.989 bits per heavy atom. The number of nitrogens with zero attached hydrogens (tertiary/aromatic N) is 3. The van der Waals surface area contributed by atoms with Gasteiger partial charge in [0.1, 0.15) is 0 Å². The maximum Gasteiger partial charge on any atom is 0.261 e. The molecule has 0 aliphatic carbocycles. The summed E-state index contributed by atoms with van der Waals surface area (Å²) in [4.78, 5) is 7.36. The zero-order valence-electron chi connectivity index (χ0n) is 55.4. The molecular weight excluding hydrogens is 1400 g/mol. The zero-order valence-corrected chi connectivity index (χ0v) is 63.1. The predicted molar refractivity (Wildman–Crippen MR) is 399 cm³/mol. The third-order valence-corrected chi connectivity index (χ3v) is 24.6. The fraction of sp³-hybridized carbons (Fsp3) is 0.507. The summed E-state index contributed by atoms with van der Waals surface area (Å²) in [5.41, 5.74) is 20.4. The highest BCUT2D eigenvalue weighted by atomic mass is 35.7. The summed E-state index contributed by atoms with van der Waals surface area (Å²) in [5.74, 6) is 0.365. The molecule has 3 heterocycles. The second-order valence-corrected chi connectivity index (χ2v) is 35.0. The van der Waals surface area contributed by atoms with Crippen LogP contribution in [0.5, 0.6) is 0 Å². The molecule has 12 nitrogen and oxygen atoms in total. The SMILES string of the molecule is CN1Cc2c(Cl)cc(Cl)cc2C(c2ccc(S(=O)(=O)CCCCCCCCCCCCCNS(=O)(=O)c3ccc(C4CN(C)Cc5c(Cl)cc(Cl)cc54)cc3)cc2)C1.CN1Cc2c(Cl)cc(Cl)cc2C(c2ccc(S(=O)(=O)Cl)cc2)C1.NCCCCCCCCCCCCN. The van der Waals surface area contributed by atoms with Crippen LogP contribution in [0.15, 0.2) is 124 Å². The van der Waals surface area contributed by atoms with Gasteiger partial charge in [-0.15, -0.1) is 0 Å². The normalized spacial score (nSPS) is 16.9. The molecular formula is C73H97Cl7N6O6S3. The lowest BCUT2D eigenvalue weighted by Gasteiger charge is -2.33. The smallest absolute Gasteiger partial charge is 0.261 e. The monoisotopic (exact) mass is 1490 g/mol. The molecule has 0 bridgehead atoms. The fourth-order valence-corrected chi connectivity index (χ4v) is 18.1. The molecule has 0 spiro atoms. The van der Waals surface area contributed by atoms with Gasteiger partial charge in [-0.3, -0.25) is 0 Å². The summed E-state index contributed by atoms with van der Waals surface area (Å²) in [6, 6.07) is 32.3. The maximum atomic E-state index is 13.1. The van der Waals surface area contributed by atoms with Crippen molar-refractivity contribution >= 4 is 109 Å². The van der Waals surface area contributed by atoms with E-state index in [9.17, 15) is 25.3 Å². The Morgan fingerprint density at radius 1 is 0.389 bits per heavy atom. The van der Waals surface area contributed by atoms with Gasteiger partial charge < -0.3 is 26.2 Å². The molecule has 0 saturated heterocycles. The lowest BCUT2D eigenvalue weighted by Crippen LogP contribution is -2.31. The molecule has 0 radical (unpaired) electrons. The Kier molecular flexibility index (Phi) is 32.8. The van der Waals surface area contributed by atoms with Crippen LogP contribution in [0.3, 0.4) is 0 Å². The van der Waals surface area contributed by atoms with Crippen molar-refractivity contribution in [2.45, 2.75) is 187 Å². The van der Waals surface area contributed by atoms with Crippen molar-refractivity contribution in [2.24, 2.45) is 11.5 Å². The van der Waals surface area contributed by atoms with E-state index < -0.39 is 28.9 Å². The Balaban J connectivity index is 0.000000279. The van der Waals surface area contributed by atoms with Gasteiger partial charge in [-0.2, -0.15) is 0 Å². The Hall–Kier alpha value is -3.04. The number of nitrogens with two attached hydrogens (primary N) is 2. The van der Waals surface area contributed by atoms with Crippen LogP contribution in [0.4, 0.5) is 0 Å². The summed E-state index contributed by atoms with van der Waals surface area (Å²) < 4.78 is 77.8. The molecule has 3 atom stereocenters. The number of likely N-dealkylation sites (N-methyl/N-ethyl adjacent to an activating group) is 3. The van der Waals surface area contributed by atoms with Gasteiger partial charge in [-0.25, -0.2) is 30.0 Å². The second kappa shape index (κ2) is 39.2. The largest absolute Gasteiger partial charge is 0.330 e. The van der Waals surface area contributed by atoms with Gasteiger partial charge in [0.25, 0.3) is 9.05 Å². The minimum Gasteiger partial charge on any atom is -0.330 e. The van der Waals surface area contributed by atoms with Crippen molar-refractivity contribution in [1.82, 2.24) is 19.4 Å². The number of rotatable bonds is 32. The van der Waals surface area contributed by atoms with E-state index in [0.29, 0.717) is 48.0 Å². The molecule has 9 rings (SSSR count). The maximum absolute atomic E-state index is 13.1. The molecule has 6 aromatic rings. The van der Waals surface area contributed by atoms with Crippen LogP contribution in [0.2, 0.25) is 30.1 Å². The zero-order chi connectivity index (χ0) is 68.7. The third-order valence-electron chi connectivity index (χ3n) is 18.3. The summed E-state index contributed by atoms with van der Waals surface area (Å²) in [6.45, 7) is 6.81. The van der Waals surface area contributed by atoms with Gasteiger partial charge in [-0.1, -0.05) is 215 Å². The second-order valence-electron chi connectivity index (χ2n) is 26.0. The molecule has 5 N–H and O–H groups in total. The van der Waals surface area contributed by atoms with Gasteiger partial charge >= 0.3 is 0 Å². The Labute approximate surface area is 602 Å². The first-order chi connectivity index (χ1) is 45.4. The average molecular weight is 1500 g/mol. The van der Waals surface area contributed by atoms with E-state index in [1.165, 1.54) is 76.3 Å². The molecule has 0 saturated carbocycles. The number of benzene rings is 6. The molecule has 3 aliphatic rings. The van der Waals surface area contributed by atoms with E-state index in [2.05, 4.69) is 33.5 Å². The fourth-order valence-electron chi connectivity index (χ4n) is 13.2. The highest BCUT2D eigenvalue weighted by Crippen LogP contribution is 2.42. The first-order valence-corrected chi connectivity index (χ1v) is 41.5. The lowest BCUT2D eigenvalue weighted by molar-refractivity contribution is 0.295. The van der Waals surface area contributed by atoms with Gasteiger partial charge in [0.2, 0.25) is 10.0 Å². The first-order valence-electron chi connectivity index (χ1n) is 33.7. The number of halogens is 7. The van der Waals surface area contributed by atoms with E-state index in [1.807, 2.05) is 49.5 Å².